The molecule has 0 aromatic heterocycles. The monoisotopic (exact) mass is 248 g/mol. The molecule has 0 N–H and O–H groups in total. The zero-order valence-corrected chi connectivity index (χ0v) is 11.1. The number of hydrogen-bond donors (Lipinski definition) is 0. The predicted octanol–water partition coefficient (Wildman–Crippen LogP) is 2.45. The molecular formula is C15H20O3. The molecule has 5 unspecified atom stereocenters. The molecule has 0 radical (unpaired) electrons. The topological polar surface area (TPSA) is 38.8 Å². The van der Waals surface area contributed by atoms with Gasteiger partial charge in [0, 0.05) is 17.4 Å². The molecule has 0 amide bonds. The van der Waals surface area contributed by atoms with Crippen molar-refractivity contribution in [2.75, 3.05) is 0 Å². The van der Waals surface area contributed by atoms with E-state index in [-0.39, 0.29) is 29.2 Å². The zero-order valence-electron chi connectivity index (χ0n) is 11.1. The second kappa shape index (κ2) is 3.01. The molecule has 3 nitrogen and oxygen atoms in total. The standard InChI is InChI=1S/C15H20O3/c1-8-4-5-11-9(2)12(16)17-15(11)10(8)6-7-14(3)13(15)18-14/h8,10-11,13H,2,4-7H2,1,3H3/t8-,10?,11?,13?,14?,15?/m1/s1. The van der Waals surface area contributed by atoms with E-state index >= 15 is 0 Å². The molecule has 0 aromatic carbocycles. The van der Waals surface area contributed by atoms with Gasteiger partial charge in [-0.05, 0) is 38.5 Å². The number of carbonyl (C=O) groups is 1. The van der Waals surface area contributed by atoms with E-state index in [0.29, 0.717) is 17.4 Å². The van der Waals surface area contributed by atoms with Crippen molar-refractivity contribution in [3.8, 4) is 0 Å². The quantitative estimate of drug-likeness (QED) is 0.375. The van der Waals surface area contributed by atoms with Crippen LogP contribution in [0.4, 0.5) is 0 Å². The van der Waals surface area contributed by atoms with Crippen molar-refractivity contribution >= 4 is 5.97 Å². The van der Waals surface area contributed by atoms with Gasteiger partial charge in [-0.25, -0.2) is 4.79 Å². The minimum absolute atomic E-state index is 0.0449. The molecular weight excluding hydrogens is 228 g/mol. The van der Waals surface area contributed by atoms with Crippen LogP contribution in [0.25, 0.3) is 0 Å². The minimum atomic E-state index is -0.376. The number of rotatable bonds is 0. The Morgan fingerprint density at radius 3 is 2.89 bits per heavy atom. The summed E-state index contributed by atoms with van der Waals surface area (Å²) in [7, 11) is 0. The van der Waals surface area contributed by atoms with Gasteiger partial charge in [-0.15, -0.1) is 0 Å². The minimum Gasteiger partial charge on any atom is -0.452 e. The van der Waals surface area contributed by atoms with E-state index in [2.05, 4.69) is 20.4 Å². The number of hydrogen-bond acceptors (Lipinski definition) is 3. The third-order valence-corrected chi connectivity index (χ3v) is 5.92. The predicted molar refractivity (Wildman–Crippen MR) is 65.9 cm³/mol. The van der Waals surface area contributed by atoms with Gasteiger partial charge >= 0.3 is 5.97 Å². The fourth-order valence-corrected chi connectivity index (χ4v) is 4.90. The van der Waals surface area contributed by atoms with Crippen molar-refractivity contribution in [2.24, 2.45) is 17.8 Å². The maximum atomic E-state index is 12.0. The number of epoxide rings is 1. The van der Waals surface area contributed by atoms with Crippen LogP contribution in [-0.4, -0.2) is 23.3 Å². The molecule has 0 aromatic rings. The summed E-state index contributed by atoms with van der Waals surface area (Å²) in [6, 6.07) is 0. The van der Waals surface area contributed by atoms with Crippen LogP contribution in [0.15, 0.2) is 12.2 Å². The highest BCUT2D eigenvalue weighted by molar-refractivity contribution is 5.92. The third-order valence-electron chi connectivity index (χ3n) is 5.92. The van der Waals surface area contributed by atoms with Gasteiger partial charge in [0.15, 0.2) is 5.60 Å². The Morgan fingerprint density at radius 1 is 1.33 bits per heavy atom. The first-order valence-electron chi connectivity index (χ1n) is 7.09. The fraction of sp³-hybridized carbons (Fsp3) is 0.800. The summed E-state index contributed by atoms with van der Waals surface area (Å²) < 4.78 is 11.9. The molecule has 2 aliphatic heterocycles. The third kappa shape index (κ3) is 1.04. The SMILES string of the molecule is C=C1C(=O)OC23C1CC[C@@H](C)C2CCC1(C)OC13. The largest absolute Gasteiger partial charge is 0.452 e. The molecule has 4 aliphatic rings. The molecule has 0 bridgehead atoms. The van der Waals surface area contributed by atoms with Crippen LogP contribution in [0, 0.1) is 17.8 Å². The molecule has 2 saturated heterocycles. The average molecular weight is 248 g/mol. The lowest BCUT2D eigenvalue weighted by molar-refractivity contribution is -0.168. The van der Waals surface area contributed by atoms with Crippen molar-refractivity contribution in [1.82, 2.24) is 0 Å². The Labute approximate surface area is 108 Å². The van der Waals surface area contributed by atoms with Gasteiger partial charge in [-0.3, -0.25) is 0 Å². The molecule has 4 fully saturated rings. The number of fused-ring (bicyclic) bond motifs is 1. The normalized spacial score (nSPS) is 57.4. The Kier molecular flexibility index (Phi) is 1.84. The number of ether oxygens (including phenoxy) is 2. The highest BCUT2D eigenvalue weighted by Gasteiger charge is 2.76. The molecule has 2 saturated carbocycles. The van der Waals surface area contributed by atoms with Gasteiger partial charge in [0.25, 0.3) is 0 Å². The zero-order chi connectivity index (χ0) is 12.7. The van der Waals surface area contributed by atoms with Gasteiger partial charge in [0.2, 0.25) is 0 Å². The maximum Gasteiger partial charge on any atom is 0.334 e. The highest BCUT2D eigenvalue weighted by atomic mass is 16.7. The molecule has 6 atom stereocenters. The maximum absolute atomic E-state index is 12.0. The molecule has 4 rings (SSSR count). The van der Waals surface area contributed by atoms with Crippen LogP contribution in [0.1, 0.15) is 39.5 Å². The van der Waals surface area contributed by atoms with Crippen molar-refractivity contribution in [3.05, 3.63) is 12.2 Å². The van der Waals surface area contributed by atoms with E-state index in [0.717, 1.165) is 19.3 Å². The molecule has 98 valence electrons. The highest BCUT2D eigenvalue weighted by Crippen LogP contribution is 2.66. The summed E-state index contributed by atoms with van der Waals surface area (Å²) in [5.74, 6) is 1.09. The van der Waals surface area contributed by atoms with Crippen LogP contribution in [0.2, 0.25) is 0 Å². The van der Waals surface area contributed by atoms with E-state index in [1.807, 2.05) is 0 Å². The Hall–Kier alpha value is -0.830. The van der Waals surface area contributed by atoms with Crippen LogP contribution in [0.3, 0.4) is 0 Å². The van der Waals surface area contributed by atoms with E-state index in [4.69, 9.17) is 9.47 Å². The Bertz CT molecular complexity index is 457. The summed E-state index contributed by atoms with van der Waals surface area (Å²) in [6.45, 7) is 8.43. The van der Waals surface area contributed by atoms with Crippen LogP contribution in [0.5, 0.6) is 0 Å². The average Bonchev–Trinajstić information content (AvgIpc) is 2.95. The van der Waals surface area contributed by atoms with Gasteiger partial charge in [0.1, 0.15) is 6.10 Å². The van der Waals surface area contributed by atoms with Crippen molar-refractivity contribution in [3.63, 3.8) is 0 Å². The Morgan fingerprint density at radius 2 is 2.11 bits per heavy atom. The molecule has 3 heteroatoms. The molecule has 1 spiro atoms. The lowest BCUT2D eigenvalue weighted by Gasteiger charge is -2.49. The first kappa shape index (κ1) is 11.0. The summed E-state index contributed by atoms with van der Waals surface area (Å²) >= 11 is 0. The van der Waals surface area contributed by atoms with Crippen LogP contribution < -0.4 is 0 Å². The fourth-order valence-electron chi connectivity index (χ4n) is 4.90. The smallest absolute Gasteiger partial charge is 0.334 e. The van der Waals surface area contributed by atoms with Crippen LogP contribution in [-0.2, 0) is 14.3 Å². The van der Waals surface area contributed by atoms with E-state index in [1.165, 1.54) is 6.42 Å². The van der Waals surface area contributed by atoms with Crippen molar-refractivity contribution < 1.29 is 14.3 Å². The summed E-state index contributed by atoms with van der Waals surface area (Å²) in [6.07, 6.45) is 4.53. The molecule has 2 heterocycles. The van der Waals surface area contributed by atoms with Crippen molar-refractivity contribution in [1.29, 1.82) is 0 Å². The second-order valence-corrected chi connectivity index (χ2v) is 6.83. The Balaban J connectivity index is 1.83. The second-order valence-electron chi connectivity index (χ2n) is 6.83. The lowest BCUT2D eigenvalue weighted by Crippen LogP contribution is -2.57. The summed E-state index contributed by atoms with van der Waals surface area (Å²) in [4.78, 5) is 12.0. The van der Waals surface area contributed by atoms with Gasteiger partial charge in [-0.2, -0.15) is 0 Å². The lowest BCUT2D eigenvalue weighted by atomic mass is 9.56. The first-order valence-corrected chi connectivity index (χ1v) is 7.09. The summed E-state index contributed by atoms with van der Waals surface area (Å²) in [5.41, 5.74) is 0.266. The van der Waals surface area contributed by atoms with Crippen molar-refractivity contribution in [2.45, 2.75) is 56.8 Å². The molecule has 18 heavy (non-hydrogen) atoms. The van der Waals surface area contributed by atoms with Crippen LogP contribution >= 0.6 is 0 Å². The summed E-state index contributed by atoms with van der Waals surface area (Å²) in [5, 5.41) is 0. The van der Waals surface area contributed by atoms with Gasteiger partial charge < -0.3 is 9.47 Å². The number of carbonyl (C=O) groups excluding carboxylic acids is 1. The number of esters is 1. The van der Waals surface area contributed by atoms with Gasteiger partial charge in [0.05, 0.1) is 5.60 Å². The van der Waals surface area contributed by atoms with E-state index in [9.17, 15) is 4.79 Å². The van der Waals surface area contributed by atoms with Gasteiger partial charge in [-0.1, -0.05) is 13.5 Å². The van der Waals surface area contributed by atoms with E-state index < -0.39 is 0 Å². The first-order chi connectivity index (χ1) is 8.49. The molecule has 2 aliphatic carbocycles. The van der Waals surface area contributed by atoms with E-state index in [1.54, 1.807) is 0 Å².